The van der Waals surface area contributed by atoms with Gasteiger partial charge in [0.15, 0.2) is 0 Å². The van der Waals surface area contributed by atoms with Gasteiger partial charge >= 0.3 is 0 Å². The SMILES string of the molecule is O=C(CNC1(C2(Cc3cccc(Cl)c3)C(=O)Nc3cc(Cl)ccc32)CCCCC1)NC1CCC1. The zero-order valence-electron chi connectivity index (χ0n) is 19.3. The van der Waals surface area contributed by atoms with Crippen molar-refractivity contribution in [3.63, 3.8) is 0 Å². The predicted octanol–water partition coefficient (Wildman–Crippen LogP) is 5.39. The number of hydrogen-bond donors (Lipinski definition) is 3. The molecule has 5 rings (SSSR count). The molecule has 2 saturated carbocycles. The maximum atomic E-state index is 14.0. The van der Waals surface area contributed by atoms with Crippen molar-refractivity contribution < 1.29 is 9.59 Å². The van der Waals surface area contributed by atoms with Crippen LogP contribution in [0.2, 0.25) is 10.0 Å². The van der Waals surface area contributed by atoms with Gasteiger partial charge in [-0.15, -0.1) is 0 Å². The zero-order chi connectivity index (χ0) is 23.8. The largest absolute Gasteiger partial charge is 0.352 e. The lowest BCUT2D eigenvalue weighted by Crippen LogP contribution is -2.66. The van der Waals surface area contributed by atoms with Crippen LogP contribution in [0.3, 0.4) is 0 Å². The highest BCUT2D eigenvalue weighted by Gasteiger charge is 2.60. The fraction of sp³-hybridized carbons (Fsp3) is 0.481. The molecule has 0 radical (unpaired) electrons. The van der Waals surface area contributed by atoms with Crippen LogP contribution in [0.4, 0.5) is 5.69 Å². The van der Waals surface area contributed by atoms with Gasteiger partial charge in [0, 0.05) is 27.3 Å². The van der Waals surface area contributed by atoms with Crippen molar-refractivity contribution in [1.82, 2.24) is 10.6 Å². The molecular weight excluding hydrogens is 469 g/mol. The fourth-order valence-corrected chi connectivity index (χ4v) is 6.49. The molecule has 2 amide bonds. The number of benzene rings is 2. The third-order valence-electron chi connectivity index (χ3n) is 8.02. The van der Waals surface area contributed by atoms with Gasteiger partial charge in [-0.05, 0) is 73.9 Å². The molecule has 0 bridgehead atoms. The number of amides is 2. The highest BCUT2D eigenvalue weighted by atomic mass is 35.5. The van der Waals surface area contributed by atoms with Crippen molar-refractivity contribution in [2.45, 2.75) is 74.8 Å². The molecule has 2 fully saturated rings. The molecule has 1 aliphatic heterocycles. The highest BCUT2D eigenvalue weighted by molar-refractivity contribution is 6.31. The third-order valence-corrected chi connectivity index (χ3v) is 8.49. The Balaban J connectivity index is 1.57. The summed E-state index contributed by atoms with van der Waals surface area (Å²) < 4.78 is 0. The summed E-state index contributed by atoms with van der Waals surface area (Å²) in [6, 6.07) is 13.7. The molecule has 1 atom stereocenters. The van der Waals surface area contributed by atoms with Crippen molar-refractivity contribution in [2.24, 2.45) is 0 Å². The Bertz CT molecular complexity index is 1100. The lowest BCUT2D eigenvalue weighted by Gasteiger charge is -2.50. The maximum Gasteiger partial charge on any atom is 0.237 e. The van der Waals surface area contributed by atoms with E-state index in [1.165, 1.54) is 6.42 Å². The summed E-state index contributed by atoms with van der Waals surface area (Å²) in [6.45, 7) is 0.198. The minimum absolute atomic E-state index is 0.00212. The fourth-order valence-electron chi connectivity index (χ4n) is 6.11. The normalized spacial score (nSPS) is 23.6. The van der Waals surface area contributed by atoms with E-state index in [1.54, 1.807) is 0 Å². The van der Waals surface area contributed by atoms with Crippen molar-refractivity contribution in [2.75, 3.05) is 11.9 Å². The topological polar surface area (TPSA) is 70.2 Å². The predicted molar refractivity (Wildman–Crippen MR) is 137 cm³/mol. The lowest BCUT2D eigenvalue weighted by atomic mass is 9.57. The molecule has 180 valence electrons. The Morgan fingerprint density at radius 2 is 1.76 bits per heavy atom. The molecule has 3 aliphatic rings. The van der Waals surface area contributed by atoms with E-state index in [1.807, 2.05) is 42.5 Å². The van der Waals surface area contributed by atoms with E-state index >= 15 is 0 Å². The summed E-state index contributed by atoms with van der Waals surface area (Å²) in [5.41, 5.74) is 1.25. The summed E-state index contributed by atoms with van der Waals surface area (Å²) in [5.74, 6) is -0.0409. The summed E-state index contributed by atoms with van der Waals surface area (Å²) in [5, 5.41) is 11.1. The van der Waals surface area contributed by atoms with Gasteiger partial charge in [-0.1, -0.05) is 60.7 Å². The quantitative estimate of drug-likeness (QED) is 0.478. The second kappa shape index (κ2) is 9.52. The first-order valence-electron chi connectivity index (χ1n) is 12.3. The molecule has 34 heavy (non-hydrogen) atoms. The first-order valence-corrected chi connectivity index (χ1v) is 13.1. The zero-order valence-corrected chi connectivity index (χ0v) is 20.8. The van der Waals surface area contributed by atoms with Crippen molar-refractivity contribution in [3.05, 3.63) is 63.6 Å². The second-order valence-corrected chi connectivity index (χ2v) is 10.9. The van der Waals surface area contributed by atoms with E-state index in [9.17, 15) is 9.59 Å². The minimum atomic E-state index is -0.880. The molecule has 0 saturated heterocycles. The second-order valence-electron chi connectivity index (χ2n) is 10.0. The van der Waals surface area contributed by atoms with Crippen molar-refractivity contribution >= 4 is 40.7 Å². The lowest BCUT2D eigenvalue weighted by molar-refractivity contribution is -0.127. The summed E-state index contributed by atoms with van der Waals surface area (Å²) in [4.78, 5) is 26.8. The Kier molecular flexibility index (Phi) is 6.62. The minimum Gasteiger partial charge on any atom is -0.352 e. The number of carbonyl (C=O) groups is 2. The number of hydrogen-bond acceptors (Lipinski definition) is 3. The molecule has 0 spiro atoms. The molecule has 2 aromatic rings. The van der Waals surface area contributed by atoms with Crippen LogP contribution in [0, 0.1) is 0 Å². The van der Waals surface area contributed by atoms with E-state index in [4.69, 9.17) is 23.2 Å². The molecule has 0 aromatic heterocycles. The summed E-state index contributed by atoms with van der Waals surface area (Å²) >= 11 is 12.6. The van der Waals surface area contributed by atoms with E-state index < -0.39 is 11.0 Å². The summed E-state index contributed by atoms with van der Waals surface area (Å²) in [6.07, 6.45) is 8.53. The van der Waals surface area contributed by atoms with Gasteiger partial charge in [0.2, 0.25) is 11.8 Å². The van der Waals surface area contributed by atoms with Crippen LogP contribution < -0.4 is 16.0 Å². The van der Waals surface area contributed by atoms with Crippen molar-refractivity contribution in [1.29, 1.82) is 0 Å². The molecule has 3 N–H and O–H groups in total. The van der Waals surface area contributed by atoms with Gasteiger partial charge in [-0.2, -0.15) is 0 Å². The Hall–Kier alpha value is -2.08. The molecule has 5 nitrogen and oxygen atoms in total. The number of fused-ring (bicyclic) bond motifs is 1. The number of rotatable bonds is 7. The van der Waals surface area contributed by atoms with E-state index in [0.29, 0.717) is 16.5 Å². The van der Waals surface area contributed by atoms with Gasteiger partial charge < -0.3 is 16.0 Å². The standard InChI is InChI=1S/C27H31Cl2N3O2/c28-19-7-4-6-18(14-19)16-27(22-11-10-20(29)15-23(22)32-25(27)34)26(12-2-1-3-13-26)30-17-24(33)31-21-8-5-9-21/h4,6-7,10-11,14-15,21,30H,1-3,5,8-9,12-13,16-17H2,(H,31,33)(H,32,34). The Labute approximate surface area is 211 Å². The number of carbonyl (C=O) groups excluding carboxylic acids is 2. The van der Waals surface area contributed by atoms with Crippen molar-refractivity contribution in [3.8, 4) is 0 Å². The van der Waals surface area contributed by atoms with Crippen LogP contribution >= 0.6 is 23.2 Å². The van der Waals surface area contributed by atoms with Gasteiger partial charge in [0.25, 0.3) is 0 Å². The molecule has 2 aliphatic carbocycles. The monoisotopic (exact) mass is 499 g/mol. The third kappa shape index (κ3) is 4.23. The molecule has 1 heterocycles. The highest BCUT2D eigenvalue weighted by Crippen LogP contribution is 2.53. The number of halogens is 2. The smallest absolute Gasteiger partial charge is 0.237 e. The average molecular weight is 500 g/mol. The first-order chi connectivity index (χ1) is 16.4. The van der Waals surface area contributed by atoms with Crippen LogP contribution in [-0.4, -0.2) is 29.9 Å². The van der Waals surface area contributed by atoms with Crippen LogP contribution in [0.1, 0.15) is 62.5 Å². The molecule has 7 heteroatoms. The van der Waals surface area contributed by atoms with Crippen LogP contribution in [0.15, 0.2) is 42.5 Å². The first kappa shape index (κ1) is 23.7. The van der Waals surface area contributed by atoms with Gasteiger partial charge in [-0.25, -0.2) is 0 Å². The number of anilines is 1. The Morgan fingerprint density at radius 3 is 2.47 bits per heavy atom. The van der Waals surface area contributed by atoms with E-state index in [2.05, 4.69) is 16.0 Å². The van der Waals surface area contributed by atoms with E-state index in [0.717, 1.165) is 61.8 Å². The summed E-state index contributed by atoms with van der Waals surface area (Å²) in [7, 11) is 0. The maximum absolute atomic E-state index is 14.0. The van der Waals surface area contributed by atoms with Gasteiger partial charge in [0.1, 0.15) is 0 Å². The average Bonchev–Trinajstić information content (AvgIpc) is 3.07. The van der Waals surface area contributed by atoms with Gasteiger partial charge in [-0.3, -0.25) is 9.59 Å². The molecular formula is C27H31Cl2N3O2. The van der Waals surface area contributed by atoms with Crippen LogP contribution in [0.25, 0.3) is 0 Å². The van der Waals surface area contributed by atoms with E-state index in [-0.39, 0.29) is 24.4 Å². The molecule has 2 aromatic carbocycles. The molecule has 1 unspecified atom stereocenters. The Morgan fingerprint density at radius 1 is 1.00 bits per heavy atom. The van der Waals surface area contributed by atoms with Crippen LogP contribution in [-0.2, 0) is 21.4 Å². The van der Waals surface area contributed by atoms with Gasteiger partial charge in [0.05, 0.1) is 12.0 Å². The van der Waals surface area contributed by atoms with Crippen LogP contribution in [0.5, 0.6) is 0 Å². The number of nitrogens with one attached hydrogen (secondary N) is 3.